The average Bonchev–Trinajstić information content (AvgIpc) is 3.03. The number of nitrogens with one attached hydrogen (secondary N) is 1. The number of para-hydroxylation sites is 1. The SMILES string of the molecule is CC.CN1CCc2c(c3ccccc3n2Cc2ncc(C(=O)NO)cc2F)C1. The van der Waals surface area contributed by atoms with Crippen LogP contribution in [-0.2, 0) is 19.5 Å². The van der Waals surface area contributed by atoms with Crippen LogP contribution in [0, 0.1) is 5.82 Å². The second kappa shape index (κ2) is 8.50. The van der Waals surface area contributed by atoms with Crippen molar-refractivity contribution >= 4 is 16.8 Å². The summed E-state index contributed by atoms with van der Waals surface area (Å²) in [6.45, 7) is 6.12. The Bertz CT molecular complexity index is 999. The van der Waals surface area contributed by atoms with Crippen LogP contribution in [0.3, 0.4) is 0 Å². The van der Waals surface area contributed by atoms with E-state index in [2.05, 4.69) is 27.6 Å². The van der Waals surface area contributed by atoms with E-state index in [9.17, 15) is 9.18 Å². The van der Waals surface area contributed by atoms with Crippen LogP contribution < -0.4 is 5.48 Å². The van der Waals surface area contributed by atoms with Crippen LogP contribution >= 0.6 is 0 Å². The molecule has 1 amide bonds. The molecule has 2 N–H and O–H groups in total. The summed E-state index contributed by atoms with van der Waals surface area (Å²) in [6, 6.07) is 9.23. The lowest BCUT2D eigenvalue weighted by atomic mass is 10.1. The zero-order chi connectivity index (χ0) is 20.3. The molecule has 4 rings (SSSR count). The molecule has 0 atom stereocenters. The van der Waals surface area contributed by atoms with Crippen molar-refractivity contribution in [3.05, 3.63) is 64.9 Å². The molecule has 0 unspecified atom stereocenters. The second-order valence-corrected chi connectivity index (χ2v) is 6.61. The molecule has 1 aliphatic heterocycles. The molecule has 7 heteroatoms. The van der Waals surface area contributed by atoms with Gasteiger partial charge in [0.2, 0.25) is 0 Å². The Morgan fingerprint density at radius 2 is 2.07 bits per heavy atom. The van der Waals surface area contributed by atoms with Gasteiger partial charge in [0.25, 0.3) is 5.91 Å². The Hall–Kier alpha value is -2.77. The third-order valence-corrected chi connectivity index (χ3v) is 4.94. The van der Waals surface area contributed by atoms with Gasteiger partial charge in [0, 0.05) is 42.3 Å². The van der Waals surface area contributed by atoms with Gasteiger partial charge in [-0.25, -0.2) is 9.87 Å². The number of pyridine rings is 1. The number of hydrogen-bond donors (Lipinski definition) is 2. The smallest absolute Gasteiger partial charge is 0.276 e. The van der Waals surface area contributed by atoms with Crippen molar-refractivity contribution in [2.75, 3.05) is 13.6 Å². The van der Waals surface area contributed by atoms with Crippen molar-refractivity contribution in [1.29, 1.82) is 0 Å². The van der Waals surface area contributed by atoms with Crippen molar-refractivity contribution < 1.29 is 14.4 Å². The van der Waals surface area contributed by atoms with E-state index in [0.717, 1.165) is 31.1 Å². The molecule has 28 heavy (non-hydrogen) atoms. The number of hydroxylamine groups is 1. The molecule has 148 valence electrons. The van der Waals surface area contributed by atoms with Crippen LogP contribution in [0.4, 0.5) is 4.39 Å². The minimum absolute atomic E-state index is 0.0187. The number of carbonyl (C=O) groups is 1. The number of rotatable bonds is 3. The summed E-state index contributed by atoms with van der Waals surface area (Å²) in [7, 11) is 2.10. The third-order valence-electron chi connectivity index (χ3n) is 4.94. The first-order valence-corrected chi connectivity index (χ1v) is 9.45. The van der Waals surface area contributed by atoms with Crippen molar-refractivity contribution in [2.45, 2.75) is 33.4 Å². The van der Waals surface area contributed by atoms with E-state index >= 15 is 0 Å². The summed E-state index contributed by atoms with van der Waals surface area (Å²) in [5, 5.41) is 9.86. The number of likely N-dealkylation sites (N-methyl/N-ethyl adjacent to an activating group) is 1. The van der Waals surface area contributed by atoms with Crippen molar-refractivity contribution in [3.8, 4) is 0 Å². The zero-order valence-corrected chi connectivity index (χ0v) is 16.4. The molecule has 1 aliphatic rings. The molecule has 3 heterocycles. The van der Waals surface area contributed by atoms with Gasteiger partial charge < -0.3 is 9.47 Å². The number of nitrogens with zero attached hydrogens (tertiary/aromatic N) is 3. The predicted octanol–water partition coefficient (Wildman–Crippen LogP) is 3.36. The first kappa shape index (κ1) is 20.0. The standard InChI is InChI=1S/C19H19FN4O2.C2H6/c1-23-7-6-18-14(10-23)13-4-2-3-5-17(13)24(18)11-16-15(20)8-12(9-21-16)19(25)22-26;1-2/h2-5,8-9,26H,6-7,10-11H2,1H3,(H,22,25);1-2H3. The topological polar surface area (TPSA) is 70.4 Å². The summed E-state index contributed by atoms with van der Waals surface area (Å²) in [6.07, 6.45) is 2.17. The number of benzene rings is 1. The fraction of sp³-hybridized carbons (Fsp3) is 0.333. The number of hydrogen-bond acceptors (Lipinski definition) is 4. The molecule has 1 aromatic carbocycles. The number of aromatic nitrogens is 2. The van der Waals surface area contributed by atoms with Crippen LogP contribution in [0.25, 0.3) is 10.9 Å². The van der Waals surface area contributed by atoms with E-state index in [-0.39, 0.29) is 11.3 Å². The zero-order valence-electron chi connectivity index (χ0n) is 16.4. The lowest BCUT2D eigenvalue weighted by Gasteiger charge is -2.24. The molecular weight excluding hydrogens is 359 g/mol. The molecular formula is C21H25FN4O2. The van der Waals surface area contributed by atoms with E-state index < -0.39 is 11.7 Å². The maximum Gasteiger partial charge on any atom is 0.276 e. The van der Waals surface area contributed by atoms with Gasteiger partial charge in [-0.05, 0) is 24.7 Å². The van der Waals surface area contributed by atoms with Crippen molar-refractivity contribution in [1.82, 2.24) is 19.9 Å². The highest BCUT2D eigenvalue weighted by Gasteiger charge is 2.23. The first-order valence-electron chi connectivity index (χ1n) is 9.45. The molecule has 0 radical (unpaired) electrons. The summed E-state index contributed by atoms with van der Waals surface area (Å²) >= 11 is 0. The lowest BCUT2D eigenvalue weighted by Crippen LogP contribution is -2.27. The van der Waals surface area contributed by atoms with Gasteiger partial charge in [-0.2, -0.15) is 0 Å². The normalized spacial score (nSPS) is 13.6. The maximum absolute atomic E-state index is 14.5. The van der Waals surface area contributed by atoms with Crippen LogP contribution in [0.1, 0.15) is 41.2 Å². The molecule has 3 aromatic rings. The highest BCUT2D eigenvalue weighted by atomic mass is 19.1. The minimum atomic E-state index is -0.783. The fourth-order valence-corrected chi connectivity index (χ4v) is 3.64. The number of amides is 1. The molecule has 2 aromatic heterocycles. The van der Waals surface area contributed by atoms with Crippen LogP contribution in [0.2, 0.25) is 0 Å². The molecule has 0 fully saturated rings. The summed E-state index contributed by atoms with van der Waals surface area (Å²) < 4.78 is 16.6. The Labute approximate surface area is 163 Å². The molecule has 0 spiro atoms. The monoisotopic (exact) mass is 384 g/mol. The largest absolute Gasteiger partial charge is 0.338 e. The quantitative estimate of drug-likeness (QED) is 0.537. The fourth-order valence-electron chi connectivity index (χ4n) is 3.64. The molecule has 0 bridgehead atoms. The van der Waals surface area contributed by atoms with E-state index in [4.69, 9.17) is 5.21 Å². The summed E-state index contributed by atoms with van der Waals surface area (Å²) in [5.41, 5.74) is 5.29. The van der Waals surface area contributed by atoms with Gasteiger partial charge in [-0.1, -0.05) is 32.0 Å². The maximum atomic E-state index is 14.5. The van der Waals surface area contributed by atoms with Gasteiger partial charge in [-0.3, -0.25) is 15.0 Å². The predicted molar refractivity (Wildman–Crippen MR) is 106 cm³/mol. The van der Waals surface area contributed by atoms with E-state index in [1.807, 2.05) is 32.0 Å². The van der Waals surface area contributed by atoms with Crippen LogP contribution in [0.5, 0.6) is 0 Å². The molecule has 0 saturated carbocycles. The van der Waals surface area contributed by atoms with Crippen LogP contribution in [-0.4, -0.2) is 39.2 Å². The molecule has 0 aliphatic carbocycles. The Balaban J connectivity index is 0.00000109. The average molecular weight is 384 g/mol. The van der Waals surface area contributed by atoms with E-state index in [1.54, 1.807) is 0 Å². The Kier molecular flexibility index (Phi) is 6.06. The number of fused-ring (bicyclic) bond motifs is 3. The van der Waals surface area contributed by atoms with Gasteiger partial charge in [0.15, 0.2) is 0 Å². The first-order chi connectivity index (χ1) is 13.6. The Morgan fingerprint density at radius 1 is 1.32 bits per heavy atom. The third kappa shape index (κ3) is 3.63. The van der Waals surface area contributed by atoms with Gasteiger partial charge in [0.1, 0.15) is 5.82 Å². The highest BCUT2D eigenvalue weighted by molar-refractivity contribution is 5.93. The summed E-state index contributed by atoms with van der Waals surface area (Å²) in [5.74, 6) is -1.35. The van der Waals surface area contributed by atoms with Gasteiger partial charge >= 0.3 is 0 Å². The minimum Gasteiger partial charge on any atom is -0.338 e. The second-order valence-electron chi connectivity index (χ2n) is 6.61. The molecule has 0 saturated heterocycles. The van der Waals surface area contributed by atoms with E-state index in [0.29, 0.717) is 6.54 Å². The number of halogens is 1. The Morgan fingerprint density at radius 3 is 2.79 bits per heavy atom. The van der Waals surface area contributed by atoms with Gasteiger partial charge in [-0.15, -0.1) is 0 Å². The van der Waals surface area contributed by atoms with Crippen LogP contribution in [0.15, 0.2) is 36.5 Å². The van der Waals surface area contributed by atoms with Crippen molar-refractivity contribution in [3.63, 3.8) is 0 Å². The molecule has 6 nitrogen and oxygen atoms in total. The summed E-state index contributed by atoms with van der Waals surface area (Å²) in [4.78, 5) is 17.8. The number of carbonyl (C=O) groups excluding carboxylic acids is 1. The highest BCUT2D eigenvalue weighted by Crippen LogP contribution is 2.31. The van der Waals surface area contributed by atoms with E-state index in [1.165, 1.54) is 28.3 Å². The lowest BCUT2D eigenvalue weighted by molar-refractivity contribution is 0.0705. The van der Waals surface area contributed by atoms with Gasteiger partial charge in [0.05, 0.1) is 17.8 Å². The van der Waals surface area contributed by atoms with Crippen molar-refractivity contribution in [2.24, 2.45) is 0 Å².